The molecule has 0 atom stereocenters. The molecule has 0 unspecified atom stereocenters. The summed E-state index contributed by atoms with van der Waals surface area (Å²) < 4.78 is 7.42. The standard InChI is InChI=1S/C14H14ClN5OS/c1-20-12(18-19-14(20)22-7-3-5-15)11-9-21-13(17-11)10-4-2-6-16-8-10/h2,4,6,8-9H,3,5,7H2,1H3. The first kappa shape index (κ1) is 15.1. The molecule has 8 heteroatoms. The highest BCUT2D eigenvalue weighted by Crippen LogP contribution is 2.25. The van der Waals surface area contributed by atoms with Gasteiger partial charge in [0.25, 0.3) is 0 Å². The molecule has 114 valence electrons. The van der Waals surface area contributed by atoms with E-state index >= 15 is 0 Å². The van der Waals surface area contributed by atoms with Gasteiger partial charge in [0.05, 0.1) is 5.56 Å². The van der Waals surface area contributed by atoms with E-state index < -0.39 is 0 Å². The lowest BCUT2D eigenvalue weighted by molar-refractivity contribution is 0.574. The van der Waals surface area contributed by atoms with Crippen LogP contribution >= 0.6 is 23.4 Å². The highest BCUT2D eigenvalue weighted by Gasteiger charge is 2.15. The lowest BCUT2D eigenvalue weighted by atomic mass is 10.3. The summed E-state index contributed by atoms with van der Waals surface area (Å²) in [6, 6.07) is 3.74. The van der Waals surface area contributed by atoms with Crippen LogP contribution in [-0.2, 0) is 7.05 Å². The first-order valence-electron chi connectivity index (χ1n) is 6.74. The van der Waals surface area contributed by atoms with Crippen LogP contribution in [0, 0.1) is 0 Å². The van der Waals surface area contributed by atoms with Crippen molar-refractivity contribution >= 4 is 23.4 Å². The number of halogens is 1. The number of oxazole rings is 1. The lowest BCUT2D eigenvalue weighted by Gasteiger charge is -2.00. The maximum atomic E-state index is 5.69. The van der Waals surface area contributed by atoms with Crippen molar-refractivity contribution in [3.05, 3.63) is 30.8 Å². The molecule has 0 radical (unpaired) electrons. The molecule has 6 nitrogen and oxygen atoms in total. The van der Waals surface area contributed by atoms with Crippen LogP contribution in [0.2, 0.25) is 0 Å². The molecule has 0 saturated carbocycles. The van der Waals surface area contributed by atoms with Crippen molar-refractivity contribution in [3.63, 3.8) is 0 Å². The van der Waals surface area contributed by atoms with Crippen LogP contribution in [0.4, 0.5) is 0 Å². The number of thioether (sulfide) groups is 1. The zero-order chi connectivity index (χ0) is 15.4. The van der Waals surface area contributed by atoms with Gasteiger partial charge in [-0.3, -0.25) is 4.98 Å². The van der Waals surface area contributed by atoms with Gasteiger partial charge in [0.1, 0.15) is 12.0 Å². The van der Waals surface area contributed by atoms with Crippen molar-refractivity contribution in [2.24, 2.45) is 7.05 Å². The monoisotopic (exact) mass is 335 g/mol. The minimum Gasteiger partial charge on any atom is -0.444 e. The number of nitrogens with zero attached hydrogens (tertiary/aromatic N) is 5. The number of pyridine rings is 1. The number of hydrogen-bond donors (Lipinski definition) is 0. The fraction of sp³-hybridized carbons (Fsp3) is 0.286. The van der Waals surface area contributed by atoms with Crippen molar-refractivity contribution in [1.82, 2.24) is 24.7 Å². The third-order valence-electron chi connectivity index (χ3n) is 2.99. The van der Waals surface area contributed by atoms with Gasteiger partial charge in [-0.2, -0.15) is 0 Å². The van der Waals surface area contributed by atoms with Gasteiger partial charge in [-0.05, 0) is 18.6 Å². The Labute approximate surface area is 136 Å². The molecule has 3 aromatic heterocycles. The van der Waals surface area contributed by atoms with E-state index in [0.717, 1.165) is 22.9 Å². The summed E-state index contributed by atoms with van der Waals surface area (Å²) in [6.45, 7) is 0. The van der Waals surface area contributed by atoms with Gasteiger partial charge >= 0.3 is 0 Å². The maximum Gasteiger partial charge on any atom is 0.228 e. The van der Waals surface area contributed by atoms with Gasteiger partial charge in [0, 0.05) is 31.1 Å². The molecular weight excluding hydrogens is 322 g/mol. The van der Waals surface area contributed by atoms with E-state index in [1.807, 2.05) is 23.7 Å². The molecule has 0 fully saturated rings. The molecule has 3 aromatic rings. The lowest BCUT2D eigenvalue weighted by Crippen LogP contribution is -1.95. The second-order valence-electron chi connectivity index (χ2n) is 4.54. The normalized spacial score (nSPS) is 11.0. The van der Waals surface area contributed by atoms with Crippen LogP contribution in [0.3, 0.4) is 0 Å². The largest absolute Gasteiger partial charge is 0.444 e. The summed E-state index contributed by atoms with van der Waals surface area (Å²) in [5, 5.41) is 9.22. The van der Waals surface area contributed by atoms with Crippen LogP contribution in [0.25, 0.3) is 23.0 Å². The molecule has 0 aliphatic carbocycles. The van der Waals surface area contributed by atoms with Crippen LogP contribution < -0.4 is 0 Å². The van der Waals surface area contributed by atoms with E-state index in [0.29, 0.717) is 23.3 Å². The number of aromatic nitrogens is 5. The van der Waals surface area contributed by atoms with Crippen LogP contribution in [-0.4, -0.2) is 36.4 Å². The van der Waals surface area contributed by atoms with E-state index in [4.69, 9.17) is 16.0 Å². The Morgan fingerprint density at radius 2 is 2.27 bits per heavy atom. The van der Waals surface area contributed by atoms with Crippen molar-refractivity contribution in [2.75, 3.05) is 11.6 Å². The third-order valence-corrected chi connectivity index (χ3v) is 4.36. The molecule has 0 N–H and O–H groups in total. The van der Waals surface area contributed by atoms with E-state index in [-0.39, 0.29) is 0 Å². The molecule has 0 bridgehead atoms. The van der Waals surface area contributed by atoms with Gasteiger partial charge in [0.15, 0.2) is 11.0 Å². The Hall–Kier alpha value is -1.86. The Kier molecular flexibility index (Phi) is 4.74. The maximum absolute atomic E-state index is 5.69. The average molecular weight is 336 g/mol. The number of alkyl halides is 1. The Bertz CT molecular complexity index is 743. The van der Waals surface area contributed by atoms with Crippen molar-refractivity contribution in [2.45, 2.75) is 11.6 Å². The molecule has 3 heterocycles. The van der Waals surface area contributed by atoms with Crippen LogP contribution in [0.15, 0.2) is 40.4 Å². The van der Waals surface area contributed by atoms with Crippen LogP contribution in [0.1, 0.15) is 6.42 Å². The Morgan fingerprint density at radius 3 is 3.05 bits per heavy atom. The number of rotatable bonds is 6. The molecular formula is C14H14ClN5OS. The number of hydrogen-bond acceptors (Lipinski definition) is 6. The zero-order valence-electron chi connectivity index (χ0n) is 11.9. The molecule has 3 rings (SSSR count). The van der Waals surface area contributed by atoms with Gasteiger partial charge in [0.2, 0.25) is 5.89 Å². The van der Waals surface area contributed by atoms with Gasteiger partial charge in [-0.15, -0.1) is 21.8 Å². The highest BCUT2D eigenvalue weighted by molar-refractivity contribution is 7.99. The molecule has 0 saturated heterocycles. The average Bonchev–Trinajstić information content (AvgIpc) is 3.16. The molecule has 0 amide bonds. The zero-order valence-corrected chi connectivity index (χ0v) is 13.5. The van der Waals surface area contributed by atoms with Crippen LogP contribution in [0.5, 0.6) is 0 Å². The summed E-state index contributed by atoms with van der Waals surface area (Å²) in [4.78, 5) is 8.52. The second-order valence-corrected chi connectivity index (χ2v) is 5.98. The smallest absolute Gasteiger partial charge is 0.228 e. The third kappa shape index (κ3) is 3.15. The molecule has 0 aromatic carbocycles. The Balaban J connectivity index is 1.82. The minimum atomic E-state index is 0.516. The highest BCUT2D eigenvalue weighted by atomic mass is 35.5. The fourth-order valence-electron chi connectivity index (χ4n) is 1.88. The molecule has 0 aliphatic rings. The predicted molar refractivity (Wildman–Crippen MR) is 85.8 cm³/mol. The summed E-state index contributed by atoms with van der Waals surface area (Å²) in [6.07, 6.45) is 5.93. The summed E-state index contributed by atoms with van der Waals surface area (Å²) in [5.41, 5.74) is 1.48. The van der Waals surface area contributed by atoms with Crippen molar-refractivity contribution < 1.29 is 4.42 Å². The van der Waals surface area contributed by atoms with E-state index in [1.165, 1.54) is 0 Å². The van der Waals surface area contributed by atoms with Gasteiger partial charge in [-0.1, -0.05) is 11.8 Å². The van der Waals surface area contributed by atoms with E-state index in [1.54, 1.807) is 30.4 Å². The molecule has 0 aliphatic heterocycles. The van der Waals surface area contributed by atoms with Crippen molar-refractivity contribution in [3.8, 4) is 23.0 Å². The van der Waals surface area contributed by atoms with Gasteiger partial charge < -0.3 is 8.98 Å². The second kappa shape index (κ2) is 6.93. The quantitative estimate of drug-likeness (QED) is 0.391. The van der Waals surface area contributed by atoms with Crippen molar-refractivity contribution in [1.29, 1.82) is 0 Å². The summed E-state index contributed by atoms with van der Waals surface area (Å²) in [7, 11) is 1.91. The van der Waals surface area contributed by atoms with Gasteiger partial charge in [-0.25, -0.2) is 4.98 Å². The Morgan fingerprint density at radius 1 is 1.36 bits per heavy atom. The molecule has 22 heavy (non-hydrogen) atoms. The SMILES string of the molecule is Cn1c(SCCCCl)nnc1-c1coc(-c2cccnc2)n1. The predicted octanol–water partition coefficient (Wildman–Crippen LogP) is 3.25. The first-order valence-corrected chi connectivity index (χ1v) is 8.26. The molecule has 0 spiro atoms. The summed E-state index contributed by atoms with van der Waals surface area (Å²) in [5.74, 6) is 2.75. The van der Waals surface area contributed by atoms with E-state index in [2.05, 4.69) is 20.2 Å². The first-order chi connectivity index (χ1) is 10.8. The fourth-order valence-corrected chi connectivity index (χ4v) is 3.02. The minimum absolute atomic E-state index is 0.516. The summed E-state index contributed by atoms with van der Waals surface area (Å²) >= 11 is 7.31. The topological polar surface area (TPSA) is 69.6 Å². The van der Waals surface area contributed by atoms with E-state index in [9.17, 15) is 0 Å².